The molecular formula is C20H25Cl2FN2O. The third-order valence-corrected chi connectivity index (χ3v) is 5.71. The number of halogens is 3. The van der Waals surface area contributed by atoms with Gasteiger partial charge in [-0.05, 0) is 61.1 Å². The maximum absolute atomic E-state index is 15.2. The number of hydrogen-bond acceptors (Lipinski definition) is 3. The van der Waals surface area contributed by atoms with Crippen LogP contribution in [0.5, 0.6) is 5.75 Å². The molecule has 3 aliphatic rings. The summed E-state index contributed by atoms with van der Waals surface area (Å²) < 4.78 is 20.6. The zero-order chi connectivity index (χ0) is 16.7. The Labute approximate surface area is 166 Å². The number of methoxy groups -OCH3 is 1. The smallest absolute Gasteiger partial charge is 0.120 e. The Morgan fingerprint density at radius 2 is 2.12 bits per heavy atom. The summed E-state index contributed by atoms with van der Waals surface area (Å²) in [5, 5.41) is 0.991. The second-order valence-electron chi connectivity index (χ2n) is 6.92. The van der Waals surface area contributed by atoms with Crippen LogP contribution in [0, 0.1) is 11.8 Å². The van der Waals surface area contributed by atoms with Crippen molar-refractivity contribution in [3.05, 3.63) is 48.7 Å². The molecule has 26 heavy (non-hydrogen) atoms. The number of nitrogens with zero attached hydrogens (tertiary/aromatic N) is 2. The van der Waals surface area contributed by atoms with Gasteiger partial charge in [-0.25, -0.2) is 4.39 Å². The van der Waals surface area contributed by atoms with E-state index in [1.54, 1.807) is 13.3 Å². The fraction of sp³-hybridized carbons (Fsp3) is 0.450. The molecule has 0 aliphatic carbocycles. The van der Waals surface area contributed by atoms with Crippen molar-refractivity contribution in [2.75, 3.05) is 20.2 Å². The van der Waals surface area contributed by atoms with Crippen molar-refractivity contribution in [1.29, 1.82) is 0 Å². The fourth-order valence-corrected chi connectivity index (χ4v) is 4.44. The van der Waals surface area contributed by atoms with Crippen molar-refractivity contribution in [2.24, 2.45) is 11.8 Å². The van der Waals surface area contributed by atoms with Crippen LogP contribution in [0.15, 0.2) is 43.1 Å². The molecule has 1 aromatic heterocycles. The van der Waals surface area contributed by atoms with Gasteiger partial charge < -0.3 is 4.74 Å². The molecule has 0 amide bonds. The van der Waals surface area contributed by atoms with Crippen molar-refractivity contribution in [3.63, 3.8) is 0 Å². The maximum atomic E-state index is 15.2. The minimum Gasteiger partial charge on any atom is -0.497 e. The number of alkyl halides is 1. The number of pyridine rings is 1. The number of rotatable bonds is 3. The number of ether oxygens (including phenoxy) is 1. The van der Waals surface area contributed by atoms with Crippen LogP contribution in [0.3, 0.4) is 0 Å². The van der Waals surface area contributed by atoms with Crippen LogP contribution in [0.2, 0.25) is 0 Å². The van der Waals surface area contributed by atoms with Crippen molar-refractivity contribution < 1.29 is 9.13 Å². The van der Waals surface area contributed by atoms with Crippen LogP contribution in [-0.4, -0.2) is 36.3 Å². The molecule has 6 heteroatoms. The molecule has 3 aliphatic heterocycles. The Morgan fingerprint density at radius 1 is 1.31 bits per heavy atom. The van der Waals surface area contributed by atoms with Crippen molar-refractivity contribution in [3.8, 4) is 5.75 Å². The molecule has 0 radical (unpaired) electrons. The molecule has 2 aromatic rings. The van der Waals surface area contributed by atoms with Crippen LogP contribution < -0.4 is 4.74 Å². The highest BCUT2D eigenvalue weighted by atomic mass is 35.5. The lowest BCUT2D eigenvalue weighted by atomic mass is 9.84. The molecule has 3 fully saturated rings. The minimum atomic E-state index is -0.862. The summed E-state index contributed by atoms with van der Waals surface area (Å²) in [6, 6.07) is 7.59. The van der Waals surface area contributed by atoms with Crippen molar-refractivity contribution in [1.82, 2.24) is 9.88 Å². The highest BCUT2D eigenvalue weighted by Gasteiger charge is 2.42. The number of piperidine rings is 1. The SMILES string of the molecule is C=C[C@H]1CN2CC[C@H]1C[C@H](F)[C@H]2c1ccnc2ccc(OC)cc12.Cl.Cl. The van der Waals surface area contributed by atoms with Crippen LogP contribution in [0.1, 0.15) is 24.4 Å². The molecule has 4 heterocycles. The lowest BCUT2D eigenvalue weighted by Gasteiger charge is -2.36. The largest absolute Gasteiger partial charge is 0.497 e. The predicted molar refractivity (Wildman–Crippen MR) is 108 cm³/mol. The molecule has 0 N–H and O–H groups in total. The average Bonchev–Trinajstić information content (AvgIpc) is 2.86. The number of fused-ring (bicyclic) bond motifs is 5. The topological polar surface area (TPSA) is 25.4 Å². The summed E-state index contributed by atoms with van der Waals surface area (Å²) in [6.45, 7) is 5.81. The van der Waals surface area contributed by atoms with Crippen LogP contribution in [0.4, 0.5) is 4.39 Å². The minimum absolute atomic E-state index is 0. The van der Waals surface area contributed by atoms with Gasteiger partial charge in [0.05, 0.1) is 18.7 Å². The quantitative estimate of drug-likeness (QED) is 0.680. The molecule has 5 atom stereocenters. The number of benzene rings is 1. The van der Waals surface area contributed by atoms with Gasteiger partial charge in [-0.2, -0.15) is 0 Å². The van der Waals surface area contributed by atoms with Gasteiger partial charge in [-0.1, -0.05) is 6.08 Å². The highest BCUT2D eigenvalue weighted by Crippen LogP contribution is 2.44. The first-order valence-corrected chi connectivity index (χ1v) is 8.64. The van der Waals surface area contributed by atoms with Gasteiger partial charge in [0.25, 0.3) is 0 Å². The molecular weight excluding hydrogens is 374 g/mol. The van der Waals surface area contributed by atoms with E-state index in [9.17, 15) is 0 Å². The molecule has 0 saturated carbocycles. The van der Waals surface area contributed by atoms with E-state index in [2.05, 4.69) is 16.5 Å². The Morgan fingerprint density at radius 3 is 2.85 bits per heavy atom. The molecule has 142 valence electrons. The van der Waals surface area contributed by atoms with Gasteiger partial charge in [0.1, 0.15) is 11.9 Å². The van der Waals surface area contributed by atoms with Gasteiger partial charge in [-0.3, -0.25) is 9.88 Å². The molecule has 1 aromatic carbocycles. The average molecular weight is 399 g/mol. The first-order valence-electron chi connectivity index (χ1n) is 8.64. The molecule has 3 nitrogen and oxygen atoms in total. The molecule has 1 unspecified atom stereocenters. The summed E-state index contributed by atoms with van der Waals surface area (Å²) >= 11 is 0. The second kappa shape index (κ2) is 8.55. The van der Waals surface area contributed by atoms with Gasteiger partial charge in [0, 0.05) is 18.1 Å². The van der Waals surface area contributed by atoms with Crippen LogP contribution in [-0.2, 0) is 0 Å². The molecule has 3 saturated heterocycles. The van der Waals surface area contributed by atoms with Crippen LogP contribution >= 0.6 is 24.8 Å². The predicted octanol–water partition coefficient (Wildman–Crippen LogP) is 4.99. The lowest BCUT2D eigenvalue weighted by Crippen LogP contribution is -2.39. The summed E-state index contributed by atoms with van der Waals surface area (Å²) in [6.07, 6.45) is 4.62. The first-order chi connectivity index (χ1) is 11.7. The van der Waals surface area contributed by atoms with E-state index in [4.69, 9.17) is 4.74 Å². The normalized spacial score (nSPS) is 30.0. The highest BCUT2D eigenvalue weighted by molar-refractivity contribution is 5.86. The first kappa shape index (κ1) is 20.9. The zero-order valence-corrected chi connectivity index (χ0v) is 16.4. The van der Waals surface area contributed by atoms with Crippen molar-refractivity contribution >= 4 is 35.7 Å². The summed E-state index contributed by atoms with van der Waals surface area (Å²) in [4.78, 5) is 6.74. The van der Waals surface area contributed by atoms with E-state index in [0.29, 0.717) is 18.3 Å². The van der Waals surface area contributed by atoms with E-state index in [-0.39, 0.29) is 30.9 Å². The molecule has 0 spiro atoms. The van der Waals surface area contributed by atoms with Gasteiger partial charge >= 0.3 is 0 Å². The Kier molecular flexibility index (Phi) is 6.89. The summed E-state index contributed by atoms with van der Waals surface area (Å²) in [7, 11) is 1.65. The third-order valence-electron chi connectivity index (χ3n) is 5.71. The standard InChI is InChI=1S/C20H23FN2O.2ClH/c1-3-13-12-23-9-7-14(13)10-18(21)20(23)16-6-8-22-19-5-4-15(24-2)11-17(16)19;;/h3-6,8,11,13-14,18,20H,1,7,9-10,12H2,2H3;2*1H/t13-,14-,18-,20+;;/m0../s1. The van der Waals surface area contributed by atoms with Gasteiger partial charge in [0.15, 0.2) is 0 Å². The Balaban J connectivity index is 0.00000121. The van der Waals surface area contributed by atoms with Gasteiger partial charge in [-0.15, -0.1) is 31.4 Å². The number of hydrogen-bond donors (Lipinski definition) is 0. The van der Waals surface area contributed by atoms with Crippen LogP contribution in [0.25, 0.3) is 10.9 Å². The number of aromatic nitrogens is 1. The van der Waals surface area contributed by atoms with E-state index in [1.165, 1.54) is 0 Å². The van der Waals surface area contributed by atoms with E-state index < -0.39 is 6.17 Å². The third kappa shape index (κ3) is 3.55. The second-order valence-corrected chi connectivity index (χ2v) is 6.92. The van der Waals surface area contributed by atoms with Gasteiger partial charge in [0.2, 0.25) is 0 Å². The van der Waals surface area contributed by atoms with E-state index in [0.717, 1.165) is 41.7 Å². The van der Waals surface area contributed by atoms with E-state index >= 15 is 4.39 Å². The summed E-state index contributed by atoms with van der Waals surface area (Å²) in [5.41, 5.74) is 1.91. The molecule has 5 rings (SSSR count). The Bertz CT molecular complexity index is 773. The Hall–Kier alpha value is -1.36. The lowest BCUT2D eigenvalue weighted by molar-refractivity contribution is 0.113. The molecule has 2 bridgehead atoms. The maximum Gasteiger partial charge on any atom is 0.120 e. The van der Waals surface area contributed by atoms with E-state index in [1.807, 2.05) is 30.3 Å². The monoisotopic (exact) mass is 398 g/mol. The van der Waals surface area contributed by atoms with Crippen molar-refractivity contribution in [2.45, 2.75) is 25.1 Å². The zero-order valence-electron chi connectivity index (χ0n) is 14.8. The summed E-state index contributed by atoms with van der Waals surface area (Å²) in [5.74, 6) is 1.59. The fourth-order valence-electron chi connectivity index (χ4n) is 4.44.